The molecular weight excluding hydrogens is 372 g/mol. The van der Waals surface area contributed by atoms with E-state index in [0.29, 0.717) is 5.95 Å². The highest BCUT2D eigenvalue weighted by molar-refractivity contribution is 6.08. The van der Waals surface area contributed by atoms with Crippen LogP contribution >= 0.6 is 0 Å². The van der Waals surface area contributed by atoms with E-state index in [4.69, 9.17) is 0 Å². The lowest BCUT2D eigenvalue weighted by Gasteiger charge is -2.32. The number of nitrogens with one attached hydrogen (secondary N) is 4. The number of fused-ring (bicyclic) bond motifs is 3. The quantitative estimate of drug-likeness (QED) is 0.349. The first-order valence-corrected chi connectivity index (χ1v) is 10.3. The topological polar surface area (TPSA) is 77.7 Å². The molecule has 0 spiro atoms. The zero-order valence-corrected chi connectivity index (χ0v) is 17.5. The summed E-state index contributed by atoms with van der Waals surface area (Å²) in [6, 6.07) is 16.5. The molecule has 0 amide bonds. The van der Waals surface area contributed by atoms with Crippen molar-refractivity contribution in [1.82, 2.24) is 20.3 Å². The molecule has 0 aliphatic heterocycles. The van der Waals surface area contributed by atoms with E-state index in [1.807, 2.05) is 12.1 Å². The summed E-state index contributed by atoms with van der Waals surface area (Å²) in [5.41, 5.74) is 5.70. The van der Waals surface area contributed by atoms with Gasteiger partial charge < -0.3 is 20.9 Å². The van der Waals surface area contributed by atoms with Gasteiger partial charge in [-0.25, -0.2) is 4.98 Å². The Morgan fingerprint density at radius 1 is 0.867 bits per heavy atom. The summed E-state index contributed by atoms with van der Waals surface area (Å²) in [6.07, 6.45) is 3.87. The highest BCUT2D eigenvalue weighted by Crippen LogP contribution is 2.30. The van der Waals surface area contributed by atoms with E-state index in [1.165, 1.54) is 22.2 Å². The van der Waals surface area contributed by atoms with Gasteiger partial charge in [0.15, 0.2) is 0 Å². The Morgan fingerprint density at radius 2 is 1.67 bits per heavy atom. The fraction of sp³-hybridized carbons (Fsp3) is 0.250. The molecule has 0 atom stereocenters. The number of para-hydroxylation sites is 1. The Kier molecular flexibility index (Phi) is 4.35. The van der Waals surface area contributed by atoms with Crippen molar-refractivity contribution >= 4 is 39.3 Å². The number of benzene rings is 2. The molecule has 0 saturated heterocycles. The van der Waals surface area contributed by atoms with Crippen LogP contribution in [-0.2, 0) is 0 Å². The number of hydrogen-bond acceptors (Lipinski definition) is 5. The van der Waals surface area contributed by atoms with Crippen LogP contribution in [0.5, 0.6) is 0 Å². The van der Waals surface area contributed by atoms with E-state index >= 15 is 0 Å². The van der Waals surface area contributed by atoms with E-state index in [1.54, 1.807) is 6.20 Å². The van der Waals surface area contributed by atoms with Crippen LogP contribution in [0.25, 0.3) is 21.8 Å². The summed E-state index contributed by atoms with van der Waals surface area (Å²) in [6.45, 7) is 6.52. The van der Waals surface area contributed by atoms with Gasteiger partial charge >= 0.3 is 0 Å². The molecule has 2 aromatic carbocycles. The van der Waals surface area contributed by atoms with Crippen molar-refractivity contribution < 1.29 is 0 Å². The summed E-state index contributed by atoms with van der Waals surface area (Å²) in [5, 5.41) is 12.8. The van der Waals surface area contributed by atoms with Crippen molar-refractivity contribution in [3.63, 3.8) is 0 Å². The third kappa shape index (κ3) is 3.68. The van der Waals surface area contributed by atoms with Crippen molar-refractivity contribution in [2.75, 3.05) is 10.6 Å². The lowest BCUT2D eigenvalue weighted by molar-refractivity contribution is 0.446. The molecule has 6 nitrogen and oxygen atoms in total. The first-order chi connectivity index (χ1) is 14.4. The van der Waals surface area contributed by atoms with Crippen molar-refractivity contribution in [1.29, 1.82) is 0 Å². The number of nitrogens with zero attached hydrogens (tertiary/aromatic N) is 2. The zero-order valence-electron chi connectivity index (χ0n) is 17.5. The molecule has 30 heavy (non-hydrogen) atoms. The first-order valence-electron chi connectivity index (χ1n) is 10.3. The fourth-order valence-electron chi connectivity index (χ4n) is 3.81. The molecule has 5 rings (SSSR count). The maximum Gasteiger partial charge on any atom is 0.229 e. The minimum Gasteiger partial charge on any atom is -0.382 e. The minimum absolute atomic E-state index is 0.0579. The number of hydrogen-bond donors (Lipinski definition) is 4. The van der Waals surface area contributed by atoms with E-state index in [2.05, 4.69) is 88.1 Å². The molecule has 4 N–H and O–H groups in total. The van der Waals surface area contributed by atoms with Gasteiger partial charge in [-0.2, -0.15) is 4.98 Å². The molecule has 2 aromatic heterocycles. The predicted octanol–water partition coefficient (Wildman–Crippen LogP) is 5.66. The average Bonchev–Trinajstić information content (AvgIpc) is 3.07. The van der Waals surface area contributed by atoms with E-state index < -0.39 is 0 Å². The van der Waals surface area contributed by atoms with Gasteiger partial charge in [-0.3, -0.25) is 0 Å². The molecule has 6 heteroatoms. The third-order valence-corrected chi connectivity index (χ3v) is 5.21. The number of anilines is 3. The van der Waals surface area contributed by atoms with Gasteiger partial charge in [0.25, 0.3) is 0 Å². The van der Waals surface area contributed by atoms with Crippen molar-refractivity contribution in [2.24, 2.45) is 0 Å². The van der Waals surface area contributed by atoms with Gasteiger partial charge in [-0.15, -0.1) is 0 Å². The van der Waals surface area contributed by atoms with E-state index in [0.717, 1.165) is 35.4 Å². The smallest absolute Gasteiger partial charge is 0.229 e. The second kappa shape index (κ2) is 7.06. The van der Waals surface area contributed by atoms with Crippen LogP contribution in [-0.4, -0.2) is 20.5 Å². The standard InChI is InChI=1S/C24H26N6/c1-24(2,3)30-20-11-10-19(20)28-22-12-13-25-23(29-22)26-15-8-9-17-16-6-4-5-7-18(16)27-21(17)14-15/h4-9,12-14,27,30H,10-11H2,1-3H3,(H2,25,26,28,29). The molecule has 4 aromatic rings. The Hall–Kier alpha value is -3.54. The highest BCUT2D eigenvalue weighted by Gasteiger charge is 2.22. The molecule has 0 fully saturated rings. The summed E-state index contributed by atoms with van der Waals surface area (Å²) in [7, 11) is 0. The summed E-state index contributed by atoms with van der Waals surface area (Å²) < 4.78 is 0. The van der Waals surface area contributed by atoms with Gasteiger partial charge in [0.1, 0.15) is 5.82 Å². The lowest BCUT2D eigenvalue weighted by Crippen LogP contribution is -2.38. The normalized spacial score (nSPS) is 14.1. The van der Waals surface area contributed by atoms with E-state index in [-0.39, 0.29) is 5.54 Å². The summed E-state index contributed by atoms with van der Waals surface area (Å²) >= 11 is 0. The second-order valence-electron chi connectivity index (χ2n) is 8.78. The van der Waals surface area contributed by atoms with Gasteiger partial charge in [0.2, 0.25) is 5.95 Å². The van der Waals surface area contributed by atoms with Crippen LogP contribution in [0.1, 0.15) is 33.6 Å². The van der Waals surface area contributed by atoms with Crippen LogP contribution in [0.4, 0.5) is 17.5 Å². The van der Waals surface area contributed by atoms with Crippen molar-refractivity contribution in [2.45, 2.75) is 39.2 Å². The first kappa shape index (κ1) is 18.5. The monoisotopic (exact) mass is 398 g/mol. The molecular formula is C24H26N6. The average molecular weight is 399 g/mol. The largest absolute Gasteiger partial charge is 0.382 e. The molecule has 152 valence electrons. The van der Waals surface area contributed by atoms with Crippen LogP contribution in [0, 0.1) is 0 Å². The van der Waals surface area contributed by atoms with Crippen LogP contribution in [0.2, 0.25) is 0 Å². The Balaban J connectivity index is 1.36. The van der Waals surface area contributed by atoms with Gasteiger partial charge in [-0.05, 0) is 57.9 Å². The second-order valence-corrected chi connectivity index (χ2v) is 8.78. The molecule has 1 aliphatic carbocycles. The fourth-order valence-corrected chi connectivity index (χ4v) is 3.81. The molecule has 0 radical (unpaired) electrons. The zero-order chi connectivity index (χ0) is 20.7. The predicted molar refractivity (Wildman–Crippen MR) is 124 cm³/mol. The number of aromatic amines is 1. The summed E-state index contributed by atoms with van der Waals surface area (Å²) in [4.78, 5) is 12.5. The Bertz CT molecular complexity index is 1260. The molecule has 0 saturated carbocycles. The molecule has 1 aliphatic rings. The van der Waals surface area contributed by atoms with Gasteiger partial charge in [-0.1, -0.05) is 24.3 Å². The molecule has 0 bridgehead atoms. The van der Waals surface area contributed by atoms with Crippen molar-refractivity contribution in [3.05, 3.63) is 66.1 Å². The maximum atomic E-state index is 4.64. The Labute approximate surface area is 175 Å². The number of aromatic nitrogens is 3. The SMILES string of the molecule is CC(C)(C)NC1=C(Nc2ccnc(Nc3ccc4c(c3)[nH]c3ccccc34)n2)CC1. The van der Waals surface area contributed by atoms with Crippen LogP contribution < -0.4 is 16.0 Å². The maximum absolute atomic E-state index is 4.64. The lowest BCUT2D eigenvalue weighted by atomic mass is 9.97. The molecule has 2 heterocycles. The highest BCUT2D eigenvalue weighted by atomic mass is 15.1. The van der Waals surface area contributed by atoms with Crippen LogP contribution in [0.3, 0.4) is 0 Å². The van der Waals surface area contributed by atoms with Gasteiger partial charge in [0.05, 0.1) is 0 Å². The van der Waals surface area contributed by atoms with E-state index in [9.17, 15) is 0 Å². The van der Waals surface area contributed by atoms with Crippen molar-refractivity contribution in [3.8, 4) is 0 Å². The van der Waals surface area contributed by atoms with Crippen LogP contribution in [0.15, 0.2) is 66.1 Å². The van der Waals surface area contributed by atoms with Gasteiger partial charge in [0, 0.05) is 50.6 Å². The molecule has 0 unspecified atom stereocenters. The third-order valence-electron chi connectivity index (χ3n) is 5.21. The summed E-state index contributed by atoms with van der Waals surface area (Å²) in [5.74, 6) is 1.36. The minimum atomic E-state index is 0.0579. The number of allylic oxidation sites excluding steroid dienone is 2. The Morgan fingerprint density at radius 3 is 2.47 bits per heavy atom. The number of H-pyrrole nitrogens is 1. The number of rotatable bonds is 5.